The number of benzene rings is 2. The average molecular weight is 578 g/mol. The zero-order valence-electron chi connectivity index (χ0n) is 23.6. The van der Waals surface area contributed by atoms with E-state index < -0.39 is 11.9 Å². The van der Waals surface area contributed by atoms with Gasteiger partial charge in [0.25, 0.3) is 5.91 Å². The number of hydrogen-bond acceptors (Lipinski definition) is 7. The molecule has 6 rings (SSSR count). The number of anilines is 1. The van der Waals surface area contributed by atoms with E-state index in [0.717, 1.165) is 56.7 Å². The molecule has 42 heavy (non-hydrogen) atoms. The van der Waals surface area contributed by atoms with Crippen molar-refractivity contribution >= 4 is 29.3 Å². The van der Waals surface area contributed by atoms with Crippen LogP contribution in [0.15, 0.2) is 42.5 Å². The van der Waals surface area contributed by atoms with Crippen LogP contribution in [0.4, 0.5) is 10.1 Å². The maximum atomic E-state index is 13.4. The number of fused-ring (bicyclic) bond motifs is 1. The molecule has 4 aliphatic rings. The number of likely N-dealkylation sites (tertiary alicyclic amines) is 1. The highest BCUT2D eigenvalue weighted by atomic mass is 19.1. The summed E-state index contributed by atoms with van der Waals surface area (Å²) in [6.07, 6.45) is 3.10. The second-order valence-corrected chi connectivity index (χ2v) is 11.4. The van der Waals surface area contributed by atoms with E-state index in [-0.39, 0.29) is 42.5 Å². The van der Waals surface area contributed by atoms with Crippen molar-refractivity contribution < 1.29 is 28.3 Å². The Hall–Kier alpha value is -3.99. The zero-order valence-corrected chi connectivity index (χ0v) is 23.6. The summed E-state index contributed by atoms with van der Waals surface area (Å²) in [6.45, 7) is 5.08. The van der Waals surface area contributed by atoms with Crippen molar-refractivity contribution in [2.24, 2.45) is 0 Å². The molecule has 2 aromatic carbocycles. The molecule has 4 heterocycles. The molecule has 4 amide bonds. The summed E-state index contributed by atoms with van der Waals surface area (Å²) < 4.78 is 19.4. The maximum Gasteiger partial charge on any atom is 0.255 e. The molecule has 0 bridgehead atoms. The van der Waals surface area contributed by atoms with Crippen molar-refractivity contribution in [2.75, 3.05) is 50.8 Å². The second kappa shape index (κ2) is 12.1. The summed E-state index contributed by atoms with van der Waals surface area (Å²) >= 11 is 0. The van der Waals surface area contributed by atoms with E-state index in [1.165, 1.54) is 17.0 Å². The molecule has 1 unspecified atom stereocenters. The fraction of sp³-hybridized carbons (Fsp3) is 0.484. The molecule has 11 heteroatoms. The van der Waals surface area contributed by atoms with Gasteiger partial charge in [0.2, 0.25) is 17.7 Å². The minimum Gasteiger partial charge on any atom is -0.493 e. The number of hydrogen-bond donors (Lipinski definition) is 1. The quantitative estimate of drug-likeness (QED) is 0.379. The molecule has 2 atom stereocenters. The van der Waals surface area contributed by atoms with Crippen LogP contribution in [0, 0.1) is 5.82 Å². The van der Waals surface area contributed by atoms with E-state index in [0.29, 0.717) is 37.4 Å². The Morgan fingerprint density at radius 2 is 1.76 bits per heavy atom. The molecule has 4 aliphatic heterocycles. The largest absolute Gasteiger partial charge is 0.493 e. The third kappa shape index (κ3) is 5.70. The lowest BCUT2D eigenvalue weighted by molar-refractivity contribution is -0.137. The number of piperidine rings is 1. The van der Waals surface area contributed by atoms with Crippen LogP contribution in [-0.2, 0) is 20.9 Å². The summed E-state index contributed by atoms with van der Waals surface area (Å²) in [5.74, 6) is -0.403. The third-order valence-electron chi connectivity index (χ3n) is 8.82. The van der Waals surface area contributed by atoms with E-state index in [2.05, 4.69) is 15.1 Å². The van der Waals surface area contributed by atoms with Crippen molar-refractivity contribution in [3.8, 4) is 5.75 Å². The van der Waals surface area contributed by atoms with Gasteiger partial charge < -0.3 is 19.4 Å². The van der Waals surface area contributed by atoms with Gasteiger partial charge in [0.1, 0.15) is 17.6 Å². The minimum absolute atomic E-state index is 0.122. The summed E-state index contributed by atoms with van der Waals surface area (Å²) in [5.41, 5.74) is 2.27. The minimum atomic E-state index is -0.661. The van der Waals surface area contributed by atoms with Gasteiger partial charge >= 0.3 is 0 Å². The summed E-state index contributed by atoms with van der Waals surface area (Å²) in [7, 11) is 0. The molecule has 10 nitrogen and oxygen atoms in total. The van der Waals surface area contributed by atoms with Crippen molar-refractivity contribution in [3.05, 3.63) is 59.4 Å². The summed E-state index contributed by atoms with van der Waals surface area (Å²) in [5, 5.41) is 2.33. The molecule has 2 aromatic rings. The third-order valence-corrected chi connectivity index (χ3v) is 8.82. The Bertz CT molecular complexity index is 1360. The fourth-order valence-electron chi connectivity index (χ4n) is 6.56. The zero-order chi connectivity index (χ0) is 29.2. The van der Waals surface area contributed by atoms with Crippen molar-refractivity contribution in [1.82, 2.24) is 20.0 Å². The van der Waals surface area contributed by atoms with Gasteiger partial charge in [0, 0.05) is 56.0 Å². The van der Waals surface area contributed by atoms with Crippen LogP contribution in [0.3, 0.4) is 0 Å². The predicted octanol–water partition coefficient (Wildman–Crippen LogP) is 2.17. The first kappa shape index (κ1) is 28.1. The molecule has 3 saturated heterocycles. The van der Waals surface area contributed by atoms with Crippen LogP contribution < -0.4 is 15.0 Å². The molecule has 222 valence electrons. The number of carbonyl (C=O) groups is 4. The number of nitrogens with one attached hydrogen (secondary N) is 1. The van der Waals surface area contributed by atoms with Crippen LogP contribution in [0.1, 0.15) is 48.0 Å². The Balaban J connectivity index is 0.988. The van der Waals surface area contributed by atoms with Crippen LogP contribution in [0.25, 0.3) is 0 Å². The smallest absolute Gasteiger partial charge is 0.255 e. The van der Waals surface area contributed by atoms with Gasteiger partial charge in [0.15, 0.2) is 0 Å². The number of amides is 4. The number of nitrogens with zero attached hydrogens (tertiary/aromatic N) is 4. The number of ether oxygens (including phenoxy) is 1. The molecule has 0 aromatic heterocycles. The van der Waals surface area contributed by atoms with E-state index in [1.54, 1.807) is 24.3 Å². The van der Waals surface area contributed by atoms with E-state index in [4.69, 9.17) is 4.74 Å². The lowest BCUT2D eigenvalue weighted by Gasteiger charge is -2.38. The van der Waals surface area contributed by atoms with Gasteiger partial charge in [-0.05, 0) is 68.6 Å². The lowest BCUT2D eigenvalue weighted by Crippen LogP contribution is -2.53. The molecule has 3 fully saturated rings. The Morgan fingerprint density at radius 3 is 2.52 bits per heavy atom. The second-order valence-electron chi connectivity index (χ2n) is 11.4. The number of rotatable bonds is 8. The predicted molar refractivity (Wildman–Crippen MR) is 152 cm³/mol. The summed E-state index contributed by atoms with van der Waals surface area (Å²) in [4.78, 5) is 58.3. The molecule has 1 N–H and O–H groups in total. The Labute approximate surface area is 244 Å². The van der Waals surface area contributed by atoms with Crippen molar-refractivity contribution in [1.29, 1.82) is 0 Å². The fourth-order valence-corrected chi connectivity index (χ4v) is 6.56. The van der Waals surface area contributed by atoms with Crippen LogP contribution in [-0.4, -0.2) is 96.3 Å². The highest BCUT2D eigenvalue weighted by Gasteiger charge is 2.40. The number of piperazine rings is 1. The number of carbonyl (C=O) groups excluding carboxylic acids is 4. The molecule has 0 saturated carbocycles. The van der Waals surface area contributed by atoms with Gasteiger partial charge in [0.05, 0.1) is 19.2 Å². The van der Waals surface area contributed by atoms with Gasteiger partial charge in [-0.25, -0.2) is 4.39 Å². The Kier molecular flexibility index (Phi) is 8.10. The molecule has 0 spiro atoms. The van der Waals surface area contributed by atoms with Crippen LogP contribution in [0.5, 0.6) is 5.75 Å². The standard InChI is InChI=1S/C31H36FN5O5/c32-21-7-9-22(10-8-21)34-15-17-36(18-16-34)31(41)26-5-2-13-35(26)14-3-19-42-27-6-1-4-23-24(27)20-37(30(23)40)25-11-12-28(38)33-29(25)39/h1,4,6-10,25-26H,2-3,5,11-20H2,(H,33,38,39)/t25?,26-/m1/s1. The summed E-state index contributed by atoms with van der Waals surface area (Å²) in [6, 6.07) is 11.1. The topological polar surface area (TPSA) is 102 Å². The average Bonchev–Trinajstić information content (AvgIpc) is 3.60. The number of halogens is 1. The van der Waals surface area contributed by atoms with E-state index >= 15 is 0 Å². The van der Waals surface area contributed by atoms with E-state index in [1.807, 2.05) is 11.0 Å². The SMILES string of the molecule is O=C1CCC(N2Cc3c(OCCCN4CCC[C@@H]4C(=O)N4CCN(c5ccc(F)cc5)CC4)cccc3C2=O)C(=O)N1. The molecular weight excluding hydrogens is 541 g/mol. The van der Waals surface area contributed by atoms with Crippen LogP contribution >= 0.6 is 0 Å². The van der Waals surface area contributed by atoms with Gasteiger partial charge in [-0.2, -0.15) is 0 Å². The van der Waals surface area contributed by atoms with Crippen molar-refractivity contribution in [2.45, 2.75) is 50.7 Å². The van der Waals surface area contributed by atoms with Gasteiger partial charge in [-0.3, -0.25) is 29.4 Å². The van der Waals surface area contributed by atoms with Gasteiger partial charge in [-0.15, -0.1) is 0 Å². The van der Waals surface area contributed by atoms with Crippen LogP contribution in [0.2, 0.25) is 0 Å². The normalized spacial score (nSPS) is 22.9. The lowest BCUT2D eigenvalue weighted by atomic mass is 10.0. The maximum absolute atomic E-state index is 13.4. The molecule has 0 radical (unpaired) electrons. The highest BCUT2D eigenvalue weighted by molar-refractivity contribution is 6.05. The first-order valence-corrected chi connectivity index (χ1v) is 14.8. The number of imide groups is 1. The van der Waals surface area contributed by atoms with Crippen molar-refractivity contribution in [3.63, 3.8) is 0 Å². The first-order chi connectivity index (χ1) is 20.4. The van der Waals surface area contributed by atoms with E-state index in [9.17, 15) is 23.6 Å². The molecular formula is C31H36FN5O5. The highest BCUT2D eigenvalue weighted by Crippen LogP contribution is 2.33. The first-order valence-electron chi connectivity index (χ1n) is 14.8. The van der Waals surface area contributed by atoms with Gasteiger partial charge in [-0.1, -0.05) is 6.07 Å². The Morgan fingerprint density at radius 1 is 0.976 bits per heavy atom. The monoisotopic (exact) mass is 577 g/mol. The molecule has 0 aliphatic carbocycles.